The van der Waals surface area contributed by atoms with Crippen LogP contribution in [-0.2, 0) is 14.8 Å². The van der Waals surface area contributed by atoms with Gasteiger partial charge in [-0.3, -0.25) is 9.10 Å². The Morgan fingerprint density at radius 3 is 2.62 bits per heavy atom. The first-order valence-corrected chi connectivity index (χ1v) is 10.5. The van der Waals surface area contributed by atoms with Gasteiger partial charge < -0.3 is 5.32 Å². The topological polar surface area (TPSA) is 66.5 Å². The smallest absolute Gasteiger partial charge is 0.235 e. The van der Waals surface area contributed by atoms with Crippen LogP contribution >= 0.6 is 11.6 Å². The minimum atomic E-state index is -3.33. The molecular formula is C19H21ClN2O3S. The minimum Gasteiger partial charge on any atom is -0.326 e. The second-order valence-electron chi connectivity index (χ2n) is 6.47. The summed E-state index contributed by atoms with van der Waals surface area (Å²) in [7, 11) is -3.33. The standard InChI is InChI=1S/C19H21ClN2O3S/c1-14(15-6-3-2-4-7-15)12-19(23)21-16-8-9-17(20)18(13-16)22-10-5-11-26(22,24)25/h2-4,6-9,13-14H,5,10-12H2,1H3,(H,21,23). The molecule has 7 heteroatoms. The molecule has 1 amide bonds. The van der Waals surface area contributed by atoms with Crippen LogP contribution in [0, 0.1) is 0 Å². The van der Waals surface area contributed by atoms with Crippen LogP contribution in [0.4, 0.5) is 11.4 Å². The molecule has 1 atom stereocenters. The van der Waals surface area contributed by atoms with Crippen molar-refractivity contribution in [3.8, 4) is 0 Å². The van der Waals surface area contributed by atoms with Crippen LogP contribution in [0.3, 0.4) is 0 Å². The number of hydrogen-bond donors (Lipinski definition) is 1. The Kier molecular flexibility index (Phi) is 5.53. The largest absolute Gasteiger partial charge is 0.326 e. The highest BCUT2D eigenvalue weighted by Gasteiger charge is 2.30. The summed E-state index contributed by atoms with van der Waals surface area (Å²) in [5.41, 5.74) is 2.05. The predicted molar refractivity (Wildman–Crippen MR) is 105 cm³/mol. The number of anilines is 2. The molecule has 0 saturated carbocycles. The van der Waals surface area contributed by atoms with E-state index in [4.69, 9.17) is 11.6 Å². The zero-order valence-electron chi connectivity index (χ0n) is 14.5. The Bertz CT molecular complexity index is 900. The van der Waals surface area contributed by atoms with E-state index < -0.39 is 10.0 Å². The van der Waals surface area contributed by atoms with Crippen molar-refractivity contribution in [3.05, 3.63) is 59.1 Å². The lowest BCUT2D eigenvalue weighted by atomic mass is 9.97. The molecule has 1 heterocycles. The molecule has 1 unspecified atom stereocenters. The third-order valence-corrected chi connectivity index (χ3v) is 6.63. The summed E-state index contributed by atoms with van der Waals surface area (Å²) in [4.78, 5) is 12.4. The van der Waals surface area contributed by atoms with Crippen LogP contribution in [0.25, 0.3) is 0 Å². The van der Waals surface area contributed by atoms with Crippen molar-refractivity contribution in [1.82, 2.24) is 0 Å². The average Bonchev–Trinajstić information content (AvgIpc) is 2.96. The van der Waals surface area contributed by atoms with Crippen molar-refractivity contribution in [2.24, 2.45) is 0 Å². The summed E-state index contributed by atoms with van der Waals surface area (Å²) >= 11 is 6.19. The zero-order valence-corrected chi connectivity index (χ0v) is 16.1. The van der Waals surface area contributed by atoms with E-state index in [-0.39, 0.29) is 17.6 Å². The van der Waals surface area contributed by atoms with Gasteiger partial charge in [0, 0.05) is 18.7 Å². The Morgan fingerprint density at radius 1 is 1.23 bits per heavy atom. The first-order valence-electron chi connectivity index (χ1n) is 8.51. The lowest BCUT2D eigenvalue weighted by molar-refractivity contribution is -0.116. The van der Waals surface area contributed by atoms with Crippen molar-refractivity contribution in [1.29, 1.82) is 0 Å². The molecule has 0 bridgehead atoms. The van der Waals surface area contributed by atoms with Crippen molar-refractivity contribution >= 4 is 38.9 Å². The van der Waals surface area contributed by atoms with E-state index in [1.54, 1.807) is 18.2 Å². The summed E-state index contributed by atoms with van der Waals surface area (Å²) in [6, 6.07) is 14.7. The number of hydrogen-bond acceptors (Lipinski definition) is 3. The van der Waals surface area contributed by atoms with Crippen LogP contribution in [0.5, 0.6) is 0 Å². The van der Waals surface area contributed by atoms with Crippen LogP contribution in [0.2, 0.25) is 5.02 Å². The number of carbonyl (C=O) groups is 1. The molecule has 0 aromatic heterocycles. The monoisotopic (exact) mass is 392 g/mol. The van der Waals surface area contributed by atoms with E-state index in [0.717, 1.165) is 5.56 Å². The molecule has 1 saturated heterocycles. The molecule has 0 spiro atoms. The maximum Gasteiger partial charge on any atom is 0.235 e. The van der Waals surface area contributed by atoms with Gasteiger partial charge in [-0.05, 0) is 36.1 Å². The maximum absolute atomic E-state index is 12.4. The van der Waals surface area contributed by atoms with Gasteiger partial charge in [0.15, 0.2) is 0 Å². The van der Waals surface area contributed by atoms with Gasteiger partial charge in [-0.25, -0.2) is 8.42 Å². The third kappa shape index (κ3) is 4.19. The lowest BCUT2D eigenvalue weighted by Crippen LogP contribution is -2.25. The average molecular weight is 393 g/mol. The van der Waals surface area contributed by atoms with Crippen molar-refractivity contribution in [3.63, 3.8) is 0 Å². The highest BCUT2D eigenvalue weighted by Crippen LogP contribution is 2.33. The Balaban J connectivity index is 1.72. The fourth-order valence-corrected chi connectivity index (χ4v) is 4.92. The molecule has 5 nitrogen and oxygen atoms in total. The molecule has 138 valence electrons. The van der Waals surface area contributed by atoms with E-state index in [1.807, 2.05) is 37.3 Å². The summed E-state index contributed by atoms with van der Waals surface area (Å²) in [6.45, 7) is 2.41. The van der Waals surface area contributed by atoms with Gasteiger partial charge in [-0.2, -0.15) is 0 Å². The molecule has 1 N–H and O–H groups in total. The fraction of sp³-hybridized carbons (Fsp3) is 0.316. The number of rotatable bonds is 5. The first-order chi connectivity index (χ1) is 12.4. The third-order valence-electron chi connectivity index (χ3n) is 4.46. The molecule has 26 heavy (non-hydrogen) atoms. The normalized spacial score (nSPS) is 17.1. The second kappa shape index (κ2) is 7.68. The van der Waals surface area contributed by atoms with Crippen molar-refractivity contribution < 1.29 is 13.2 Å². The number of sulfonamides is 1. The molecule has 3 rings (SSSR count). The Hall–Kier alpha value is -2.05. The number of carbonyl (C=O) groups excluding carboxylic acids is 1. The van der Waals surface area contributed by atoms with Gasteiger partial charge in [0.05, 0.1) is 16.5 Å². The fourth-order valence-electron chi connectivity index (χ4n) is 3.08. The molecule has 2 aromatic carbocycles. The first kappa shape index (κ1) is 18.7. The summed E-state index contributed by atoms with van der Waals surface area (Å²) in [6.07, 6.45) is 0.911. The van der Waals surface area contributed by atoms with Crippen molar-refractivity contribution in [2.45, 2.75) is 25.7 Å². The number of halogens is 1. The minimum absolute atomic E-state index is 0.0851. The van der Waals surface area contributed by atoms with Gasteiger partial charge in [0.25, 0.3) is 0 Å². The van der Waals surface area contributed by atoms with Crippen molar-refractivity contribution in [2.75, 3.05) is 21.9 Å². The SMILES string of the molecule is CC(CC(=O)Nc1ccc(Cl)c(N2CCCS2(=O)=O)c1)c1ccccc1. The quantitative estimate of drug-likeness (QED) is 0.835. The van der Waals surface area contributed by atoms with E-state index in [2.05, 4.69) is 5.32 Å². The van der Waals surface area contributed by atoms with E-state index in [0.29, 0.717) is 35.8 Å². The second-order valence-corrected chi connectivity index (χ2v) is 8.89. The Morgan fingerprint density at radius 2 is 1.96 bits per heavy atom. The summed E-state index contributed by atoms with van der Waals surface area (Å²) < 4.78 is 25.6. The molecular weight excluding hydrogens is 372 g/mol. The number of nitrogens with one attached hydrogen (secondary N) is 1. The van der Waals surface area contributed by atoms with E-state index in [1.165, 1.54) is 4.31 Å². The van der Waals surface area contributed by atoms with Crippen LogP contribution in [-0.4, -0.2) is 26.6 Å². The van der Waals surface area contributed by atoms with Gasteiger partial charge in [-0.1, -0.05) is 48.9 Å². The van der Waals surface area contributed by atoms with Gasteiger partial charge in [0.1, 0.15) is 0 Å². The van der Waals surface area contributed by atoms with Crippen LogP contribution < -0.4 is 9.62 Å². The Labute approximate surface area is 159 Å². The maximum atomic E-state index is 12.4. The number of benzene rings is 2. The molecule has 1 aliphatic heterocycles. The van der Waals surface area contributed by atoms with Crippen LogP contribution in [0.15, 0.2) is 48.5 Å². The van der Waals surface area contributed by atoms with Gasteiger partial charge in [0.2, 0.25) is 15.9 Å². The predicted octanol–water partition coefficient (Wildman–Crippen LogP) is 4.01. The highest BCUT2D eigenvalue weighted by atomic mass is 35.5. The van der Waals surface area contributed by atoms with Gasteiger partial charge >= 0.3 is 0 Å². The lowest BCUT2D eigenvalue weighted by Gasteiger charge is -2.19. The highest BCUT2D eigenvalue weighted by molar-refractivity contribution is 7.93. The molecule has 2 aromatic rings. The van der Waals surface area contributed by atoms with E-state index in [9.17, 15) is 13.2 Å². The molecule has 0 aliphatic carbocycles. The number of nitrogens with zero attached hydrogens (tertiary/aromatic N) is 1. The zero-order chi connectivity index (χ0) is 18.7. The van der Waals surface area contributed by atoms with Gasteiger partial charge in [-0.15, -0.1) is 0 Å². The molecule has 0 radical (unpaired) electrons. The number of amides is 1. The molecule has 1 aliphatic rings. The van der Waals surface area contributed by atoms with Crippen LogP contribution in [0.1, 0.15) is 31.2 Å². The summed E-state index contributed by atoms with van der Waals surface area (Å²) in [5, 5.41) is 3.19. The summed E-state index contributed by atoms with van der Waals surface area (Å²) in [5.74, 6) is 0.0787. The van der Waals surface area contributed by atoms with E-state index >= 15 is 0 Å². The molecule has 1 fully saturated rings.